The van der Waals surface area contributed by atoms with Gasteiger partial charge in [0.15, 0.2) is 6.61 Å². The summed E-state index contributed by atoms with van der Waals surface area (Å²) >= 11 is 0. The Balaban J connectivity index is 1.83. The van der Waals surface area contributed by atoms with Crippen molar-refractivity contribution < 1.29 is 19.1 Å². The molecule has 1 unspecified atom stereocenters. The Hall–Kier alpha value is -2.57. The van der Waals surface area contributed by atoms with Gasteiger partial charge in [-0.15, -0.1) is 0 Å². The summed E-state index contributed by atoms with van der Waals surface area (Å²) in [6, 6.07) is 5.79. The van der Waals surface area contributed by atoms with Gasteiger partial charge in [-0.05, 0) is 24.3 Å². The predicted molar refractivity (Wildman–Crippen MR) is 70.7 cm³/mol. The van der Waals surface area contributed by atoms with E-state index in [1.807, 2.05) is 0 Å². The molecule has 2 rings (SSSR count). The van der Waals surface area contributed by atoms with Crippen LogP contribution in [0.3, 0.4) is 0 Å². The number of nitrogen functional groups attached to an aromatic ring is 1. The molecule has 7 heteroatoms. The van der Waals surface area contributed by atoms with Crippen molar-refractivity contribution in [2.45, 2.75) is 12.5 Å². The molecule has 7 nitrogen and oxygen atoms in total. The van der Waals surface area contributed by atoms with E-state index < -0.39 is 17.9 Å². The number of amides is 3. The first-order valence-electron chi connectivity index (χ1n) is 6.05. The van der Waals surface area contributed by atoms with Gasteiger partial charge in [-0.3, -0.25) is 19.3 Å². The molecule has 0 spiro atoms. The standard InChI is InChI=1S/C13H15N3O4/c1-16-12(18)6-10(13(16)19)15-11(17)7-20-9-4-2-8(14)3-5-9/h2-5,10H,6-7,14H2,1H3,(H,15,17). The fraction of sp³-hybridized carbons (Fsp3) is 0.308. The van der Waals surface area contributed by atoms with Crippen LogP contribution in [0, 0.1) is 0 Å². The lowest BCUT2D eigenvalue weighted by atomic mass is 10.2. The van der Waals surface area contributed by atoms with Gasteiger partial charge in [-0.1, -0.05) is 0 Å². The summed E-state index contributed by atoms with van der Waals surface area (Å²) in [5.41, 5.74) is 6.12. The Kier molecular flexibility index (Phi) is 3.88. The number of likely N-dealkylation sites (N-methyl/N-ethyl adjacent to an activating group) is 1. The van der Waals surface area contributed by atoms with Crippen molar-refractivity contribution in [2.24, 2.45) is 0 Å². The highest BCUT2D eigenvalue weighted by molar-refractivity contribution is 6.06. The summed E-state index contributed by atoms with van der Waals surface area (Å²) in [6.45, 7) is -0.231. The van der Waals surface area contributed by atoms with E-state index in [1.165, 1.54) is 7.05 Å². The van der Waals surface area contributed by atoms with Crippen LogP contribution < -0.4 is 15.8 Å². The van der Waals surface area contributed by atoms with Crippen molar-refractivity contribution in [2.75, 3.05) is 19.4 Å². The van der Waals surface area contributed by atoms with E-state index in [4.69, 9.17) is 10.5 Å². The SMILES string of the molecule is CN1C(=O)CC(NC(=O)COc2ccc(N)cc2)C1=O. The van der Waals surface area contributed by atoms with Gasteiger partial charge in [0.25, 0.3) is 11.8 Å². The second kappa shape index (κ2) is 5.60. The molecule has 3 amide bonds. The zero-order chi connectivity index (χ0) is 14.7. The Bertz CT molecular complexity index is 541. The van der Waals surface area contributed by atoms with Crippen LogP contribution in [-0.4, -0.2) is 42.3 Å². The Morgan fingerprint density at radius 2 is 2.05 bits per heavy atom. The molecule has 1 aromatic rings. The van der Waals surface area contributed by atoms with Crippen molar-refractivity contribution in [1.29, 1.82) is 0 Å². The Morgan fingerprint density at radius 1 is 1.40 bits per heavy atom. The highest BCUT2D eigenvalue weighted by Gasteiger charge is 2.36. The van der Waals surface area contributed by atoms with Crippen molar-refractivity contribution in [3.8, 4) is 5.75 Å². The number of nitrogens with zero attached hydrogens (tertiary/aromatic N) is 1. The molecule has 0 aromatic heterocycles. The summed E-state index contributed by atoms with van der Waals surface area (Å²) < 4.78 is 5.24. The number of anilines is 1. The molecule has 1 aromatic carbocycles. The molecule has 1 aliphatic rings. The second-order valence-corrected chi connectivity index (χ2v) is 4.47. The Labute approximate surface area is 115 Å². The lowest BCUT2D eigenvalue weighted by Crippen LogP contribution is -2.42. The summed E-state index contributed by atoms with van der Waals surface area (Å²) in [5, 5.41) is 2.47. The molecule has 1 atom stereocenters. The number of imide groups is 1. The minimum Gasteiger partial charge on any atom is -0.484 e. The molecule has 0 radical (unpaired) electrons. The van der Waals surface area contributed by atoms with Crippen LogP contribution in [0.1, 0.15) is 6.42 Å². The van der Waals surface area contributed by atoms with Gasteiger partial charge in [0.1, 0.15) is 11.8 Å². The molecule has 0 saturated carbocycles. The monoisotopic (exact) mass is 277 g/mol. The molecule has 1 heterocycles. The van der Waals surface area contributed by atoms with Crippen LogP contribution in [0.2, 0.25) is 0 Å². The van der Waals surface area contributed by atoms with E-state index in [-0.39, 0.29) is 18.9 Å². The maximum absolute atomic E-state index is 11.7. The molecule has 1 saturated heterocycles. The van der Waals surface area contributed by atoms with Gasteiger partial charge in [0.05, 0.1) is 6.42 Å². The molecule has 3 N–H and O–H groups in total. The van der Waals surface area contributed by atoms with E-state index in [0.29, 0.717) is 11.4 Å². The largest absolute Gasteiger partial charge is 0.484 e. The van der Waals surface area contributed by atoms with Crippen molar-refractivity contribution >= 4 is 23.4 Å². The number of hydrogen-bond donors (Lipinski definition) is 2. The Morgan fingerprint density at radius 3 is 2.60 bits per heavy atom. The van der Waals surface area contributed by atoms with Gasteiger partial charge in [0, 0.05) is 12.7 Å². The van der Waals surface area contributed by atoms with Crippen molar-refractivity contribution in [3.63, 3.8) is 0 Å². The van der Waals surface area contributed by atoms with E-state index >= 15 is 0 Å². The molecular formula is C13H15N3O4. The van der Waals surface area contributed by atoms with Gasteiger partial charge < -0.3 is 15.8 Å². The topological polar surface area (TPSA) is 102 Å². The fourth-order valence-electron chi connectivity index (χ4n) is 1.82. The number of nitrogens with one attached hydrogen (secondary N) is 1. The van der Waals surface area contributed by atoms with Gasteiger partial charge in [-0.25, -0.2) is 0 Å². The molecule has 1 fully saturated rings. The summed E-state index contributed by atoms with van der Waals surface area (Å²) in [6.07, 6.45) is -0.0110. The average molecular weight is 277 g/mol. The molecule has 106 valence electrons. The van der Waals surface area contributed by atoms with Crippen LogP contribution in [0.25, 0.3) is 0 Å². The van der Waals surface area contributed by atoms with E-state index in [0.717, 1.165) is 4.90 Å². The summed E-state index contributed by atoms with van der Waals surface area (Å²) in [5.74, 6) is -0.667. The van der Waals surface area contributed by atoms with Crippen LogP contribution in [0.5, 0.6) is 5.75 Å². The third-order valence-corrected chi connectivity index (χ3v) is 2.97. The number of ether oxygens (including phenoxy) is 1. The van der Waals surface area contributed by atoms with Crippen molar-refractivity contribution in [1.82, 2.24) is 10.2 Å². The number of likely N-dealkylation sites (tertiary alicyclic amines) is 1. The second-order valence-electron chi connectivity index (χ2n) is 4.47. The van der Waals surface area contributed by atoms with Crippen LogP contribution in [-0.2, 0) is 14.4 Å². The highest BCUT2D eigenvalue weighted by atomic mass is 16.5. The zero-order valence-electron chi connectivity index (χ0n) is 11.0. The average Bonchev–Trinajstić information content (AvgIpc) is 2.66. The minimum absolute atomic E-state index is 0.0110. The number of nitrogens with two attached hydrogens (primary N) is 1. The molecular weight excluding hydrogens is 262 g/mol. The first-order chi connectivity index (χ1) is 9.47. The maximum Gasteiger partial charge on any atom is 0.258 e. The fourth-order valence-corrected chi connectivity index (χ4v) is 1.82. The molecule has 1 aliphatic heterocycles. The number of rotatable bonds is 4. The lowest BCUT2D eigenvalue weighted by molar-refractivity contribution is -0.138. The van der Waals surface area contributed by atoms with Gasteiger partial charge >= 0.3 is 0 Å². The highest BCUT2D eigenvalue weighted by Crippen LogP contribution is 2.13. The quantitative estimate of drug-likeness (QED) is 0.572. The van der Waals surface area contributed by atoms with Crippen LogP contribution in [0.15, 0.2) is 24.3 Å². The number of carbonyl (C=O) groups is 3. The summed E-state index contributed by atoms with van der Waals surface area (Å²) in [7, 11) is 1.39. The van der Waals surface area contributed by atoms with Crippen LogP contribution in [0.4, 0.5) is 5.69 Å². The predicted octanol–water partition coefficient (Wildman–Crippen LogP) is -0.479. The van der Waals surface area contributed by atoms with Gasteiger partial charge in [0.2, 0.25) is 5.91 Å². The molecule has 0 aliphatic carbocycles. The maximum atomic E-state index is 11.7. The third kappa shape index (κ3) is 3.05. The number of carbonyl (C=O) groups excluding carboxylic acids is 3. The number of benzene rings is 1. The summed E-state index contributed by atoms with van der Waals surface area (Å²) in [4.78, 5) is 35.6. The number of hydrogen-bond acceptors (Lipinski definition) is 5. The zero-order valence-corrected chi connectivity index (χ0v) is 11.0. The van der Waals surface area contributed by atoms with E-state index in [9.17, 15) is 14.4 Å². The molecule has 0 bridgehead atoms. The first-order valence-corrected chi connectivity index (χ1v) is 6.05. The lowest BCUT2D eigenvalue weighted by Gasteiger charge is -2.11. The van der Waals surface area contributed by atoms with Gasteiger partial charge in [-0.2, -0.15) is 0 Å². The normalized spacial score (nSPS) is 18.2. The van der Waals surface area contributed by atoms with E-state index in [1.54, 1.807) is 24.3 Å². The van der Waals surface area contributed by atoms with Crippen LogP contribution >= 0.6 is 0 Å². The minimum atomic E-state index is -0.796. The smallest absolute Gasteiger partial charge is 0.258 e. The van der Waals surface area contributed by atoms with E-state index in [2.05, 4.69) is 5.32 Å². The third-order valence-electron chi connectivity index (χ3n) is 2.97. The molecule has 20 heavy (non-hydrogen) atoms. The van der Waals surface area contributed by atoms with Crippen molar-refractivity contribution in [3.05, 3.63) is 24.3 Å². The first kappa shape index (κ1) is 13.9.